The number of hydrogen-bond acceptors (Lipinski definition) is 5. The second-order valence-corrected chi connectivity index (χ2v) is 10.2. The van der Waals surface area contributed by atoms with Crippen LogP contribution in [-0.4, -0.2) is 16.1 Å². The summed E-state index contributed by atoms with van der Waals surface area (Å²) >= 11 is 3.06. The number of amides is 1. The van der Waals surface area contributed by atoms with Crippen LogP contribution >= 0.6 is 23.1 Å². The van der Waals surface area contributed by atoms with E-state index in [1.54, 1.807) is 11.8 Å². The van der Waals surface area contributed by atoms with Gasteiger partial charge >= 0.3 is 0 Å². The summed E-state index contributed by atoms with van der Waals surface area (Å²) in [6.45, 7) is 8.67. The molecule has 29 heavy (non-hydrogen) atoms. The zero-order chi connectivity index (χ0) is 20.9. The fraction of sp³-hybridized carbons (Fsp3) is 0.348. The first-order valence-corrected chi connectivity index (χ1v) is 11.6. The van der Waals surface area contributed by atoms with Crippen LogP contribution in [-0.2, 0) is 16.0 Å². The molecular weight excluding hydrogens is 398 g/mol. The van der Waals surface area contributed by atoms with E-state index >= 15 is 0 Å². The molecule has 0 saturated carbocycles. The maximum absolute atomic E-state index is 12.7. The number of nitrogens with zero attached hydrogens (tertiary/aromatic N) is 2. The highest BCUT2D eigenvalue weighted by atomic mass is 32.2. The van der Waals surface area contributed by atoms with Gasteiger partial charge < -0.3 is 0 Å². The molecule has 0 spiro atoms. The molecule has 1 aromatic heterocycles. The number of hydrogen-bond donors (Lipinski definition) is 1. The van der Waals surface area contributed by atoms with Crippen LogP contribution in [0.4, 0.5) is 5.13 Å². The van der Waals surface area contributed by atoms with Crippen LogP contribution in [0.1, 0.15) is 56.7 Å². The van der Waals surface area contributed by atoms with Crippen molar-refractivity contribution in [2.75, 3.05) is 5.32 Å². The van der Waals surface area contributed by atoms with Gasteiger partial charge in [-0.3, -0.25) is 10.1 Å². The number of carbonyl (C=O) groups is 1. The van der Waals surface area contributed by atoms with Gasteiger partial charge in [0.05, 0.1) is 5.92 Å². The number of anilines is 1. The van der Waals surface area contributed by atoms with Gasteiger partial charge in [0.25, 0.3) is 0 Å². The van der Waals surface area contributed by atoms with Gasteiger partial charge in [0, 0.05) is 5.75 Å². The van der Waals surface area contributed by atoms with Crippen molar-refractivity contribution in [1.82, 2.24) is 10.2 Å². The Kier molecular flexibility index (Phi) is 7.09. The normalized spacial score (nSPS) is 12.6. The van der Waals surface area contributed by atoms with Crippen molar-refractivity contribution in [2.45, 2.75) is 55.5 Å². The molecule has 6 heteroatoms. The maximum atomic E-state index is 12.7. The average molecular weight is 426 g/mol. The molecule has 3 rings (SSSR count). The van der Waals surface area contributed by atoms with Crippen LogP contribution in [0.2, 0.25) is 0 Å². The van der Waals surface area contributed by atoms with Gasteiger partial charge in [0.2, 0.25) is 11.0 Å². The molecule has 1 atom stereocenters. The van der Waals surface area contributed by atoms with Crippen LogP contribution in [0.15, 0.2) is 58.9 Å². The van der Waals surface area contributed by atoms with E-state index in [0.717, 1.165) is 22.1 Å². The molecule has 0 aliphatic heterocycles. The third-order valence-electron chi connectivity index (χ3n) is 4.75. The number of benzene rings is 2. The highest BCUT2D eigenvalue weighted by Crippen LogP contribution is 2.30. The summed E-state index contributed by atoms with van der Waals surface area (Å²) in [4.78, 5) is 12.7. The standard InChI is InChI=1S/C23H27N3OS2/c1-5-19(17-9-7-6-8-10-17)20(27)24-21-25-26-22(29-21)28-15-16-11-13-18(14-12-16)23(2,3)4/h6-14,19H,5,15H2,1-4H3,(H,24,25,27). The predicted octanol–water partition coefficient (Wildman–Crippen LogP) is 6.26. The summed E-state index contributed by atoms with van der Waals surface area (Å²) in [5, 5.41) is 11.8. The Bertz CT molecular complexity index is 931. The van der Waals surface area contributed by atoms with E-state index < -0.39 is 0 Å². The Morgan fingerprint density at radius 3 is 2.38 bits per heavy atom. The number of thioether (sulfide) groups is 1. The Morgan fingerprint density at radius 2 is 1.76 bits per heavy atom. The summed E-state index contributed by atoms with van der Waals surface area (Å²) in [5.74, 6) is 0.607. The van der Waals surface area contributed by atoms with Gasteiger partial charge in [0.1, 0.15) is 0 Å². The van der Waals surface area contributed by atoms with E-state index in [9.17, 15) is 4.79 Å². The monoisotopic (exact) mass is 425 g/mol. The van der Waals surface area contributed by atoms with Crippen LogP contribution in [0.3, 0.4) is 0 Å². The quantitative estimate of drug-likeness (QED) is 0.358. The van der Waals surface area contributed by atoms with Crippen molar-refractivity contribution in [2.24, 2.45) is 0 Å². The summed E-state index contributed by atoms with van der Waals surface area (Å²) in [7, 11) is 0. The fourth-order valence-electron chi connectivity index (χ4n) is 3.01. The van der Waals surface area contributed by atoms with Crippen molar-refractivity contribution in [3.63, 3.8) is 0 Å². The van der Waals surface area contributed by atoms with Crippen molar-refractivity contribution in [3.8, 4) is 0 Å². The maximum Gasteiger partial charge on any atom is 0.233 e. The predicted molar refractivity (Wildman–Crippen MR) is 123 cm³/mol. The highest BCUT2D eigenvalue weighted by molar-refractivity contribution is 8.00. The smallest absolute Gasteiger partial charge is 0.233 e. The number of nitrogens with one attached hydrogen (secondary N) is 1. The zero-order valence-corrected chi connectivity index (χ0v) is 18.9. The highest BCUT2D eigenvalue weighted by Gasteiger charge is 2.20. The average Bonchev–Trinajstić information content (AvgIpc) is 3.15. The molecule has 0 aliphatic rings. The summed E-state index contributed by atoms with van der Waals surface area (Å²) in [6.07, 6.45) is 0.737. The molecular formula is C23H27N3OS2. The lowest BCUT2D eigenvalue weighted by atomic mass is 9.87. The molecule has 1 amide bonds. The van der Waals surface area contributed by atoms with E-state index in [-0.39, 0.29) is 17.2 Å². The lowest BCUT2D eigenvalue weighted by Gasteiger charge is -2.19. The third kappa shape index (κ3) is 5.90. The minimum Gasteiger partial charge on any atom is -0.300 e. The first kappa shape index (κ1) is 21.5. The molecule has 4 nitrogen and oxygen atoms in total. The Balaban J connectivity index is 1.57. The van der Waals surface area contributed by atoms with E-state index in [1.165, 1.54) is 22.5 Å². The third-order valence-corrected chi connectivity index (χ3v) is 6.79. The Morgan fingerprint density at radius 1 is 1.07 bits per heavy atom. The van der Waals surface area contributed by atoms with E-state index in [2.05, 4.69) is 60.6 Å². The van der Waals surface area contributed by atoms with Crippen molar-refractivity contribution >= 4 is 34.1 Å². The molecule has 0 aliphatic carbocycles. The van der Waals surface area contributed by atoms with Gasteiger partial charge in [-0.2, -0.15) is 0 Å². The topological polar surface area (TPSA) is 54.9 Å². The second kappa shape index (κ2) is 9.55. The van der Waals surface area contributed by atoms with Crippen LogP contribution in [0.25, 0.3) is 0 Å². The molecule has 152 valence electrons. The van der Waals surface area contributed by atoms with Crippen LogP contribution in [0, 0.1) is 0 Å². The lowest BCUT2D eigenvalue weighted by molar-refractivity contribution is -0.117. The number of carbonyl (C=O) groups excluding carboxylic acids is 1. The first-order chi connectivity index (χ1) is 13.9. The largest absolute Gasteiger partial charge is 0.300 e. The van der Waals surface area contributed by atoms with Gasteiger partial charge in [-0.25, -0.2) is 0 Å². The zero-order valence-electron chi connectivity index (χ0n) is 17.3. The van der Waals surface area contributed by atoms with Crippen molar-refractivity contribution in [1.29, 1.82) is 0 Å². The summed E-state index contributed by atoms with van der Waals surface area (Å²) < 4.78 is 0.855. The fourth-order valence-corrected chi connectivity index (χ4v) is 4.73. The molecule has 0 bridgehead atoms. The number of aromatic nitrogens is 2. The minimum absolute atomic E-state index is 0.0378. The Hall–Kier alpha value is -2.18. The van der Waals surface area contributed by atoms with Gasteiger partial charge in [-0.05, 0) is 28.5 Å². The minimum atomic E-state index is -0.183. The lowest BCUT2D eigenvalue weighted by Crippen LogP contribution is -2.20. The van der Waals surface area contributed by atoms with Crippen molar-refractivity contribution < 1.29 is 4.79 Å². The van der Waals surface area contributed by atoms with Gasteiger partial charge in [-0.15, -0.1) is 10.2 Å². The second-order valence-electron chi connectivity index (χ2n) is 7.97. The first-order valence-electron chi connectivity index (χ1n) is 9.78. The molecule has 1 N–H and O–H groups in total. The molecule has 1 unspecified atom stereocenters. The van der Waals surface area contributed by atoms with Crippen LogP contribution < -0.4 is 5.32 Å². The van der Waals surface area contributed by atoms with Gasteiger partial charge in [0.15, 0.2) is 4.34 Å². The molecule has 1 heterocycles. The molecule has 0 fully saturated rings. The van der Waals surface area contributed by atoms with Crippen LogP contribution in [0.5, 0.6) is 0 Å². The number of rotatable bonds is 7. The summed E-state index contributed by atoms with van der Waals surface area (Å²) in [6, 6.07) is 18.6. The van der Waals surface area contributed by atoms with Gasteiger partial charge in [-0.1, -0.05) is 105 Å². The molecule has 2 aromatic carbocycles. The van der Waals surface area contributed by atoms with E-state index in [0.29, 0.717) is 5.13 Å². The molecule has 0 saturated heterocycles. The Labute approximate surface area is 181 Å². The summed E-state index contributed by atoms with van der Waals surface area (Å²) in [5.41, 5.74) is 3.76. The SMILES string of the molecule is CCC(C(=O)Nc1nnc(SCc2ccc(C(C)(C)C)cc2)s1)c1ccccc1. The van der Waals surface area contributed by atoms with Crippen molar-refractivity contribution in [3.05, 3.63) is 71.3 Å². The van der Waals surface area contributed by atoms with E-state index in [1.807, 2.05) is 37.3 Å². The molecule has 0 radical (unpaired) electrons. The van der Waals surface area contributed by atoms with E-state index in [4.69, 9.17) is 0 Å². The molecule has 3 aromatic rings.